The molecular formula is C14H18BrFN2O2S. The minimum atomic E-state index is -0.284. The smallest absolute Gasteiger partial charge is 0.178 e. The van der Waals surface area contributed by atoms with Crippen molar-refractivity contribution in [3.63, 3.8) is 0 Å². The minimum absolute atomic E-state index is 0.284. The van der Waals surface area contributed by atoms with Crippen LogP contribution in [0.5, 0.6) is 0 Å². The summed E-state index contributed by atoms with van der Waals surface area (Å²) in [4.78, 5) is 3.10. The Kier molecular flexibility index (Phi) is 6.35. The molecule has 0 bridgehead atoms. The predicted molar refractivity (Wildman–Crippen MR) is 86.7 cm³/mol. The van der Waals surface area contributed by atoms with Crippen LogP contribution in [0.25, 0.3) is 11.0 Å². The van der Waals surface area contributed by atoms with Gasteiger partial charge in [-0.15, -0.1) is 0 Å². The third kappa shape index (κ3) is 4.35. The Morgan fingerprint density at radius 3 is 2.86 bits per heavy atom. The van der Waals surface area contributed by atoms with Gasteiger partial charge in [-0.25, -0.2) is 4.39 Å². The van der Waals surface area contributed by atoms with Crippen LogP contribution >= 0.6 is 28.1 Å². The van der Waals surface area contributed by atoms with Crippen LogP contribution in [-0.4, -0.2) is 36.5 Å². The van der Waals surface area contributed by atoms with Crippen molar-refractivity contribution < 1.29 is 13.9 Å². The fraction of sp³-hybridized carbons (Fsp3) is 0.500. The van der Waals surface area contributed by atoms with Gasteiger partial charge in [0.2, 0.25) is 0 Å². The first-order valence-electron chi connectivity index (χ1n) is 6.77. The number of ether oxygens (including phenoxy) is 2. The summed E-state index contributed by atoms with van der Waals surface area (Å²) < 4.78 is 27.0. The molecule has 0 aliphatic carbocycles. The topological polar surface area (TPSA) is 39.2 Å². The maximum atomic E-state index is 13.7. The van der Waals surface area contributed by atoms with Crippen molar-refractivity contribution in [3.05, 3.63) is 27.2 Å². The molecule has 21 heavy (non-hydrogen) atoms. The van der Waals surface area contributed by atoms with Crippen LogP contribution in [0.2, 0.25) is 0 Å². The van der Waals surface area contributed by atoms with E-state index in [2.05, 4.69) is 20.9 Å². The van der Waals surface area contributed by atoms with Gasteiger partial charge in [-0.1, -0.05) is 0 Å². The van der Waals surface area contributed by atoms with Crippen molar-refractivity contribution in [2.45, 2.75) is 19.4 Å². The van der Waals surface area contributed by atoms with Crippen LogP contribution in [-0.2, 0) is 16.0 Å². The average molecular weight is 377 g/mol. The summed E-state index contributed by atoms with van der Waals surface area (Å²) in [5, 5.41) is 0. The Hall–Kier alpha value is -0.760. The highest BCUT2D eigenvalue weighted by Crippen LogP contribution is 2.23. The molecule has 0 aliphatic heterocycles. The zero-order valence-electron chi connectivity index (χ0n) is 11.8. The van der Waals surface area contributed by atoms with E-state index in [4.69, 9.17) is 21.7 Å². The third-order valence-electron chi connectivity index (χ3n) is 3.17. The van der Waals surface area contributed by atoms with Crippen LogP contribution in [0.3, 0.4) is 0 Å². The molecule has 0 saturated heterocycles. The number of aromatic amines is 1. The highest BCUT2D eigenvalue weighted by Gasteiger charge is 2.08. The SMILES string of the molecule is COCCOCCCCn1c(=S)[nH]c2cc(Br)c(F)cc21. The predicted octanol–water partition coefficient (Wildman–Crippen LogP) is 4.04. The van der Waals surface area contributed by atoms with Crippen molar-refractivity contribution in [3.8, 4) is 0 Å². The quantitative estimate of drug-likeness (QED) is 0.558. The second kappa shape index (κ2) is 8.03. The number of aryl methyl sites for hydroxylation is 1. The Morgan fingerprint density at radius 2 is 2.10 bits per heavy atom. The molecule has 1 heterocycles. The Labute approximate surface area is 136 Å². The van der Waals surface area contributed by atoms with E-state index in [0.29, 0.717) is 29.1 Å². The average Bonchev–Trinajstić information content (AvgIpc) is 2.74. The van der Waals surface area contributed by atoms with E-state index in [9.17, 15) is 4.39 Å². The number of hydrogen-bond donors (Lipinski definition) is 1. The number of rotatable bonds is 8. The van der Waals surface area contributed by atoms with E-state index >= 15 is 0 Å². The first-order chi connectivity index (χ1) is 10.1. The molecule has 0 unspecified atom stereocenters. The third-order valence-corrected chi connectivity index (χ3v) is 4.10. The maximum Gasteiger partial charge on any atom is 0.178 e. The lowest BCUT2D eigenvalue weighted by Crippen LogP contribution is -2.04. The van der Waals surface area contributed by atoms with Gasteiger partial charge in [-0.3, -0.25) is 0 Å². The van der Waals surface area contributed by atoms with Gasteiger partial charge in [0, 0.05) is 26.3 Å². The van der Waals surface area contributed by atoms with Crippen molar-refractivity contribution >= 4 is 39.2 Å². The van der Waals surface area contributed by atoms with Crippen molar-refractivity contribution in [2.24, 2.45) is 0 Å². The maximum absolute atomic E-state index is 13.7. The van der Waals surface area contributed by atoms with Gasteiger partial charge in [0.25, 0.3) is 0 Å². The molecule has 0 atom stereocenters. The van der Waals surface area contributed by atoms with Gasteiger partial charge in [0.15, 0.2) is 4.77 Å². The molecule has 1 aromatic heterocycles. The van der Waals surface area contributed by atoms with E-state index < -0.39 is 0 Å². The summed E-state index contributed by atoms with van der Waals surface area (Å²) in [7, 11) is 1.65. The zero-order chi connectivity index (χ0) is 15.2. The lowest BCUT2D eigenvalue weighted by Gasteiger charge is -2.06. The summed E-state index contributed by atoms with van der Waals surface area (Å²) in [6.07, 6.45) is 1.85. The van der Waals surface area contributed by atoms with Crippen LogP contribution in [0.4, 0.5) is 4.39 Å². The summed E-state index contributed by atoms with van der Waals surface area (Å²) in [5.74, 6) is -0.284. The molecule has 2 rings (SSSR count). The second-order valence-corrected chi connectivity index (χ2v) is 5.92. The van der Waals surface area contributed by atoms with E-state index in [1.165, 1.54) is 6.07 Å². The van der Waals surface area contributed by atoms with Gasteiger partial charge in [-0.05, 0) is 47.1 Å². The first-order valence-corrected chi connectivity index (χ1v) is 7.98. The summed E-state index contributed by atoms with van der Waals surface area (Å²) in [6, 6.07) is 3.21. The van der Waals surface area contributed by atoms with Crippen molar-refractivity contribution in [1.29, 1.82) is 0 Å². The Morgan fingerprint density at radius 1 is 1.29 bits per heavy atom. The molecule has 4 nitrogen and oxygen atoms in total. The fourth-order valence-corrected chi connectivity index (χ4v) is 2.74. The van der Waals surface area contributed by atoms with Gasteiger partial charge in [0.05, 0.1) is 28.7 Å². The number of fused-ring (bicyclic) bond motifs is 1. The second-order valence-electron chi connectivity index (χ2n) is 4.68. The molecular weight excluding hydrogens is 359 g/mol. The Bertz CT molecular complexity index is 656. The van der Waals surface area contributed by atoms with E-state index in [0.717, 1.165) is 30.4 Å². The van der Waals surface area contributed by atoms with Crippen LogP contribution in [0.1, 0.15) is 12.8 Å². The number of methoxy groups -OCH3 is 1. The molecule has 1 N–H and O–H groups in total. The molecule has 0 spiro atoms. The molecule has 116 valence electrons. The minimum Gasteiger partial charge on any atom is -0.382 e. The molecule has 0 amide bonds. The van der Waals surface area contributed by atoms with Gasteiger partial charge in [-0.2, -0.15) is 0 Å². The molecule has 2 aromatic rings. The van der Waals surface area contributed by atoms with Gasteiger partial charge >= 0.3 is 0 Å². The highest BCUT2D eigenvalue weighted by atomic mass is 79.9. The largest absolute Gasteiger partial charge is 0.382 e. The first kappa shape index (κ1) is 16.6. The number of nitrogens with one attached hydrogen (secondary N) is 1. The van der Waals surface area contributed by atoms with E-state index in [-0.39, 0.29) is 5.82 Å². The number of nitrogens with zero attached hydrogens (tertiary/aromatic N) is 1. The number of benzene rings is 1. The summed E-state index contributed by atoms with van der Waals surface area (Å²) in [6.45, 7) is 2.66. The summed E-state index contributed by atoms with van der Waals surface area (Å²) in [5.41, 5.74) is 1.63. The normalized spacial score (nSPS) is 11.4. The number of imidazole rings is 1. The number of halogens is 2. The van der Waals surface area contributed by atoms with Crippen molar-refractivity contribution in [1.82, 2.24) is 9.55 Å². The number of H-pyrrole nitrogens is 1. The van der Waals surface area contributed by atoms with E-state index in [1.54, 1.807) is 13.2 Å². The lowest BCUT2D eigenvalue weighted by molar-refractivity contribution is 0.0684. The number of hydrogen-bond acceptors (Lipinski definition) is 3. The molecule has 0 fully saturated rings. The van der Waals surface area contributed by atoms with Gasteiger partial charge in [0.1, 0.15) is 5.82 Å². The highest BCUT2D eigenvalue weighted by molar-refractivity contribution is 9.10. The number of aromatic nitrogens is 2. The summed E-state index contributed by atoms with van der Waals surface area (Å²) >= 11 is 8.48. The molecule has 0 saturated carbocycles. The van der Waals surface area contributed by atoms with E-state index in [1.807, 2.05) is 4.57 Å². The zero-order valence-corrected chi connectivity index (χ0v) is 14.2. The standard InChI is InChI=1S/C14H18BrFN2O2S/c1-19-6-7-20-5-3-2-4-18-13-9-11(16)10(15)8-12(13)17-14(18)21/h8-9H,2-7H2,1H3,(H,17,21). The molecule has 0 radical (unpaired) electrons. The Balaban J connectivity index is 1.94. The molecule has 7 heteroatoms. The molecule has 1 aromatic carbocycles. The monoisotopic (exact) mass is 376 g/mol. The van der Waals surface area contributed by atoms with Crippen molar-refractivity contribution in [2.75, 3.05) is 26.9 Å². The van der Waals surface area contributed by atoms with Crippen LogP contribution < -0.4 is 0 Å². The fourth-order valence-electron chi connectivity index (χ4n) is 2.09. The van der Waals surface area contributed by atoms with Gasteiger partial charge < -0.3 is 19.0 Å². The molecule has 0 aliphatic rings. The lowest BCUT2D eigenvalue weighted by atomic mass is 10.3. The van der Waals surface area contributed by atoms with Crippen LogP contribution in [0, 0.1) is 10.6 Å². The number of unbranched alkanes of at least 4 members (excludes halogenated alkanes) is 1. The van der Waals surface area contributed by atoms with Crippen LogP contribution in [0.15, 0.2) is 16.6 Å².